The number of thiophene rings is 1. The van der Waals surface area contributed by atoms with Gasteiger partial charge >= 0.3 is 6.18 Å². The summed E-state index contributed by atoms with van der Waals surface area (Å²) >= 11 is 1.61. The maximum absolute atomic E-state index is 13.1. The topological polar surface area (TPSA) is 53.2 Å². The van der Waals surface area contributed by atoms with E-state index in [1.54, 1.807) is 21.2 Å². The fourth-order valence-corrected chi connectivity index (χ4v) is 4.40. The van der Waals surface area contributed by atoms with Crippen molar-refractivity contribution in [2.45, 2.75) is 18.6 Å². The Hall–Kier alpha value is -2.87. The van der Waals surface area contributed by atoms with Gasteiger partial charge in [0.25, 0.3) is 11.5 Å². The summed E-state index contributed by atoms with van der Waals surface area (Å²) in [6.45, 7) is 0.381. The molecule has 1 aliphatic heterocycles. The lowest BCUT2D eigenvalue weighted by molar-refractivity contribution is -0.141. The number of hydrogen-bond donors (Lipinski definition) is 1. The summed E-state index contributed by atoms with van der Waals surface area (Å²) in [5, 5.41) is 1.96. The minimum absolute atomic E-state index is 0.299. The zero-order valence-electron chi connectivity index (χ0n) is 14.5. The van der Waals surface area contributed by atoms with Crippen molar-refractivity contribution in [1.82, 2.24) is 9.88 Å². The predicted molar refractivity (Wildman–Crippen MR) is 99.4 cm³/mol. The summed E-state index contributed by atoms with van der Waals surface area (Å²) in [6, 6.07) is 12.6. The van der Waals surface area contributed by atoms with Crippen molar-refractivity contribution in [3.8, 4) is 0 Å². The molecule has 0 radical (unpaired) electrons. The molecule has 3 heterocycles. The first-order valence-electron chi connectivity index (χ1n) is 8.59. The first kappa shape index (κ1) is 18.5. The molecule has 1 unspecified atom stereocenters. The number of alkyl halides is 3. The Morgan fingerprint density at radius 2 is 1.86 bits per heavy atom. The van der Waals surface area contributed by atoms with E-state index in [0.29, 0.717) is 13.0 Å². The average molecular weight is 404 g/mol. The second-order valence-electron chi connectivity index (χ2n) is 6.47. The molecule has 1 aliphatic rings. The Balaban J connectivity index is 1.75. The summed E-state index contributed by atoms with van der Waals surface area (Å²) in [5.41, 5.74) is -0.638. The molecule has 1 amide bonds. The molecule has 28 heavy (non-hydrogen) atoms. The molecular formula is C20H15F3N2O2S. The van der Waals surface area contributed by atoms with Crippen LogP contribution in [0.3, 0.4) is 0 Å². The van der Waals surface area contributed by atoms with Gasteiger partial charge in [-0.05, 0) is 41.1 Å². The minimum atomic E-state index is -4.68. The van der Waals surface area contributed by atoms with Gasteiger partial charge in [-0.2, -0.15) is 13.2 Å². The van der Waals surface area contributed by atoms with Crippen molar-refractivity contribution in [2.24, 2.45) is 0 Å². The van der Waals surface area contributed by atoms with Crippen LogP contribution in [0, 0.1) is 0 Å². The Morgan fingerprint density at radius 1 is 1.11 bits per heavy atom. The van der Waals surface area contributed by atoms with Crippen LogP contribution in [-0.4, -0.2) is 22.3 Å². The molecule has 0 aliphatic carbocycles. The predicted octanol–water partition coefficient (Wildman–Crippen LogP) is 4.24. The van der Waals surface area contributed by atoms with Gasteiger partial charge in [-0.1, -0.05) is 30.3 Å². The summed E-state index contributed by atoms with van der Waals surface area (Å²) in [5.74, 6) is -0.583. The minimum Gasteiger partial charge on any atom is -0.327 e. The fourth-order valence-electron chi connectivity index (χ4n) is 3.49. The molecule has 144 valence electrons. The smallest absolute Gasteiger partial charge is 0.327 e. The van der Waals surface area contributed by atoms with Crippen molar-refractivity contribution < 1.29 is 18.0 Å². The molecule has 0 bridgehead atoms. The highest BCUT2D eigenvalue weighted by molar-refractivity contribution is 7.10. The summed E-state index contributed by atoms with van der Waals surface area (Å²) in [4.78, 5) is 29.8. The second-order valence-corrected chi connectivity index (χ2v) is 7.47. The van der Waals surface area contributed by atoms with Gasteiger partial charge in [-0.25, -0.2) is 0 Å². The third kappa shape index (κ3) is 3.24. The number of halogens is 3. The Bertz CT molecular complexity index is 1070. The van der Waals surface area contributed by atoms with Crippen LogP contribution in [-0.2, 0) is 12.6 Å². The van der Waals surface area contributed by atoms with Crippen molar-refractivity contribution >= 4 is 17.2 Å². The molecule has 4 nitrogen and oxygen atoms in total. The number of pyridine rings is 1. The summed E-state index contributed by atoms with van der Waals surface area (Å²) < 4.78 is 38.4. The highest BCUT2D eigenvalue weighted by atomic mass is 32.1. The van der Waals surface area contributed by atoms with E-state index in [4.69, 9.17) is 0 Å². The first-order chi connectivity index (χ1) is 13.4. The van der Waals surface area contributed by atoms with Gasteiger partial charge in [0.15, 0.2) is 0 Å². The largest absolute Gasteiger partial charge is 0.431 e. The molecule has 1 aromatic carbocycles. The molecule has 1 N–H and O–H groups in total. The zero-order valence-corrected chi connectivity index (χ0v) is 15.3. The molecule has 0 spiro atoms. The Labute approximate surface area is 162 Å². The standard InChI is InChI=1S/C20H15F3N2O2S/c21-20(22,23)16-7-6-14(18(26)24-16)19(27)25-10-8-15-13(9-11-28-15)17(25)12-4-2-1-3-5-12/h1-7,9,11,17H,8,10H2,(H,24,26). The van der Waals surface area contributed by atoms with Gasteiger partial charge in [0.2, 0.25) is 0 Å². The SMILES string of the molecule is O=C(c1ccc(C(F)(F)F)[nH]c1=O)N1CCc2sccc2C1c1ccccc1. The molecule has 0 saturated carbocycles. The van der Waals surface area contributed by atoms with Gasteiger partial charge in [0.1, 0.15) is 11.3 Å². The Morgan fingerprint density at radius 3 is 2.54 bits per heavy atom. The van der Waals surface area contributed by atoms with E-state index in [-0.39, 0.29) is 11.6 Å². The van der Waals surface area contributed by atoms with E-state index >= 15 is 0 Å². The third-order valence-electron chi connectivity index (χ3n) is 4.79. The number of hydrogen-bond acceptors (Lipinski definition) is 3. The summed E-state index contributed by atoms with van der Waals surface area (Å²) in [7, 11) is 0. The van der Waals surface area contributed by atoms with E-state index in [9.17, 15) is 22.8 Å². The van der Waals surface area contributed by atoms with Crippen LogP contribution in [0.5, 0.6) is 0 Å². The highest BCUT2D eigenvalue weighted by Gasteiger charge is 2.36. The average Bonchev–Trinajstić information content (AvgIpc) is 3.15. The molecule has 0 saturated heterocycles. The van der Waals surface area contributed by atoms with E-state index in [1.165, 1.54) is 4.88 Å². The molecule has 8 heteroatoms. The maximum atomic E-state index is 13.1. The van der Waals surface area contributed by atoms with E-state index in [1.807, 2.05) is 41.8 Å². The van der Waals surface area contributed by atoms with Gasteiger partial charge in [0, 0.05) is 11.4 Å². The molecular weight excluding hydrogens is 389 g/mol. The Kier molecular flexibility index (Phi) is 4.58. The molecule has 0 fully saturated rings. The number of fused-ring (bicyclic) bond motifs is 1. The van der Waals surface area contributed by atoms with Crippen molar-refractivity contribution in [2.75, 3.05) is 6.54 Å². The number of carbonyl (C=O) groups excluding carboxylic acids is 1. The number of H-pyrrole nitrogens is 1. The van der Waals surface area contributed by atoms with Crippen LogP contribution in [0.2, 0.25) is 0 Å². The molecule has 1 atom stereocenters. The van der Waals surface area contributed by atoms with Gasteiger partial charge in [-0.3, -0.25) is 9.59 Å². The van der Waals surface area contributed by atoms with Gasteiger partial charge in [-0.15, -0.1) is 11.3 Å². The number of nitrogens with zero attached hydrogens (tertiary/aromatic N) is 1. The van der Waals surface area contributed by atoms with Crippen LogP contribution >= 0.6 is 11.3 Å². The molecule has 4 rings (SSSR count). The quantitative estimate of drug-likeness (QED) is 0.695. The summed E-state index contributed by atoms with van der Waals surface area (Å²) in [6.07, 6.45) is -4.04. The van der Waals surface area contributed by atoms with E-state index < -0.39 is 23.3 Å². The van der Waals surface area contributed by atoms with Crippen molar-refractivity contribution in [3.05, 3.63) is 91.5 Å². The van der Waals surface area contributed by atoms with Crippen LogP contribution in [0.25, 0.3) is 0 Å². The number of aromatic amines is 1. The maximum Gasteiger partial charge on any atom is 0.431 e. The highest BCUT2D eigenvalue weighted by Crippen LogP contribution is 2.38. The van der Waals surface area contributed by atoms with Crippen molar-refractivity contribution in [3.63, 3.8) is 0 Å². The first-order valence-corrected chi connectivity index (χ1v) is 9.47. The van der Waals surface area contributed by atoms with Crippen LogP contribution in [0.1, 0.15) is 38.1 Å². The lowest BCUT2D eigenvalue weighted by Gasteiger charge is -2.36. The lowest BCUT2D eigenvalue weighted by Crippen LogP contribution is -2.42. The number of nitrogens with one attached hydrogen (secondary N) is 1. The second kappa shape index (κ2) is 6.94. The van der Waals surface area contributed by atoms with Gasteiger partial charge < -0.3 is 9.88 Å². The lowest BCUT2D eigenvalue weighted by atomic mass is 9.92. The monoisotopic (exact) mass is 404 g/mol. The number of amides is 1. The number of aromatic nitrogens is 1. The van der Waals surface area contributed by atoms with Gasteiger partial charge in [0.05, 0.1) is 6.04 Å². The van der Waals surface area contributed by atoms with Crippen LogP contribution in [0.15, 0.2) is 58.7 Å². The normalized spacial score (nSPS) is 16.7. The zero-order chi connectivity index (χ0) is 19.9. The molecule has 3 aromatic rings. The third-order valence-corrected chi connectivity index (χ3v) is 5.78. The van der Waals surface area contributed by atoms with Crippen LogP contribution < -0.4 is 5.56 Å². The number of rotatable bonds is 2. The van der Waals surface area contributed by atoms with E-state index in [2.05, 4.69) is 0 Å². The van der Waals surface area contributed by atoms with Crippen molar-refractivity contribution in [1.29, 1.82) is 0 Å². The van der Waals surface area contributed by atoms with E-state index in [0.717, 1.165) is 23.3 Å². The number of carbonyl (C=O) groups is 1. The van der Waals surface area contributed by atoms with Crippen LogP contribution in [0.4, 0.5) is 13.2 Å². The number of benzene rings is 1. The fraction of sp³-hybridized carbons (Fsp3) is 0.200. The molecule has 2 aromatic heterocycles.